The summed E-state index contributed by atoms with van der Waals surface area (Å²) in [4.78, 5) is 22.0. The maximum absolute atomic E-state index is 13.7. The summed E-state index contributed by atoms with van der Waals surface area (Å²) in [5.41, 5.74) is -3.04. The fourth-order valence-corrected chi connectivity index (χ4v) is 1.12. The predicted octanol–water partition coefficient (Wildman–Crippen LogP) is 1.45. The first kappa shape index (κ1) is 21.2. The number of hydrogen-bond donors (Lipinski definition) is 1. The van der Waals surface area contributed by atoms with E-state index < -0.39 is 51.3 Å². The minimum Gasteiger partial charge on any atom is -0.453 e. The Hall–Kier alpha value is -1.76. The van der Waals surface area contributed by atoms with Crippen molar-refractivity contribution >= 4 is 22.1 Å². The van der Waals surface area contributed by atoms with Crippen molar-refractivity contribution in [1.29, 1.82) is 0 Å². The minimum atomic E-state index is -6.01. The zero-order valence-electron chi connectivity index (χ0n) is 11.6. The fourth-order valence-electron chi connectivity index (χ4n) is 0.912. The van der Waals surface area contributed by atoms with Crippen molar-refractivity contribution in [2.75, 3.05) is 6.61 Å². The molecule has 0 saturated carbocycles. The largest absolute Gasteiger partial charge is 0.453 e. The maximum Gasteiger partial charge on any atom is 0.402 e. The first-order valence-corrected chi connectivity index (χ1v) is 6.87. The van der Waals surface area contributed by atoms with Crippen molar-refractivity contribution in [1.82, 2.24) is 0 Å². The number of hydrogen-bond acceptors (Lipinski definition) is 6. The highest BCUT2D eigenvalue weighted by atomic mass is 32.2. The molecule has 23 heavy (non-hydrogen) atoms. The van der Waals surface area contributed by atoms with Gasteiger partial charge in [-0.3, -0.25) is 4.55 Å². The van der Waals surface area contributed by atoms with Crippen LogP contribution in [-0.4, -0.2) is 48.3 Å². The van der Waals surface area contributed by atoms with Gasteiger partial charge in [0.1, 0.15) is 0 Å². The first-order valence-electron chi connectivity index (χ1n) is 5.43. The third-order valence-corrected chi connectivity index (χ3v) is 3.20. The van der Waals surface area contributed by atoms with Crippen molar-refractivity contribution in [2.45, 2.75) is 30.6 Å². The average molecular weight is 370 g/mol. The van der Waals surface area contributed by atoms with Crippen LogP contribution in [0.4, 0.5) is 22.0 Å². The lowest BCUT2D eigenvalue weighted by Gasteiger charge is -2.31. The second-order valence-electron chi connectivity index (χ2n) is 4.57. The first-order chi connectivity index (χ1) is 9.96. The maximum atomic E-state index is 13.7. The molecule has 0 atom stereocenters. The third-order valence-electron chi connectivity index (χ3n) is 2.33. The molecule has 0 spiro atoms. The quantitative estimate of drug-likeness (QED) is 0.313. The number of rotatable bonds is 7. The van der Waals surface area contributed by atoms with Crippen LogP contribution in [0.1, 0.15) is 13.8 Å². The summed E-state index contributed by atoms with van der Waals surface area (Å²) in [6, 6.07) is 0. The topological polar surface area (TPSA) is 107 Å². The molecule has 134 valence electrons. The number of esters is 2. The van der Waals surface area contributed by atoms with Gasteiger partial charge in [0.25, 0.3) is 0 Å². The Morgan fingerprint density at radius 3 is 1.96 bits per heavy atom. The van der Waals surface area contributed by atoms with Gasteiger partial charge in [0.2, 0.25) is 5.83 Å². The second kappa shape index (κ2) is 6.39. The molecule has 7 nitrogen and oxygen atoms in total. The van der Waals surface area contributed by atoms with Crippen molar-refractivity contribution in [3.8, 4) is 0 Å². The van der Waals surface area contributed by atoms with Gasteiger partial charge >= 0.3 is 33.2 Å². The zero-order valence-corrected chi connectivity index (χ0v) is 12.4. The summed E-state index contributed by atoms with van der Waals surface area (Å²) in [6.07, 6.45) is 0. The van der Waals surface area contributed by atoms with Gasteiger partial charge in [-0.15, -0.1) is 0 Å². The molecule has 0 bridgehead atoms. The monoisotopic (exact) mass is 370 g/mol. The summed E-state index contributed by atoms with van der Waals surface area (Å²) in [6.45, 7) is 0.930. The normalized spacial score (nSPS) is 13.4. The standard InChI is InChI=1S/C10H11F5O7S/c1-5(11)6(16)22-8(2,3)10(14,15)7(17)21-4-9(12,13)23(18,19)20/h1,4H2,2-3H3,(H,18,19,20). The predicted molar refractivity (Wildman–Crippen MR) is 62.8 cm³/mol. The van der Waals surface area contributed by atoms with Crippen LogP contribution in [0.15, 0.2) is 12.4 Å². The number of carbonyl (C=O) groups is 2. The van der Waals surface area contributed by atoms with Gasteiger partial charge in [0.05, 0.1) is 0 Å². The van der Waals surface area contributed by atoms with E-state index in [-0.39, 0.29) is 0 Å². The van der Waals surface area contributed by atoms with E-state index in [1.165, 1.54) is 0 Å². The molecule has 0 radical (unpaired) electrons. The summed E-state index contributed by atoms with van der Waals surface area (Å²) in [5, 5.41) is -5.03. The molecule has 0 aliphatic rings. The van der Waals surface area contributed by atoms with E-state index in [0.29, 0.717) is 13.8 Å². The van der Waals surface area contributed by atoms with E-state index >= 15 is 0 Å². The Labute approximate surface area is 126 Å². The molecule has 0 fully saturated rings. The van der Waals surface area contributed by atoms with Crippen LogP contribution >= 0.6 is 0 Å². The van der Waals surface area contributed by atoms with Crippen molar-refractivity contribution in [2.24, 2.45) is 0 Å². The van der Waals surface area contributed by atoms with Crippen LogP contribution in [0.5, 0.6) is 0 Å². The van der Waals surface area contributed by atoms with Crippen LogP contribution in [0.2, 0.25) is 0 Å². The molecule has 0 rings (SSSR count). The number of halogens is 5. The van der Waals surface area contributed by atoms with Gasteiger partial charge in [-0.2, -0.15) is 30.4 Å². The SMILES string of the molecule is C=C(F)C(=O)OC(C)(C)C(F)(F)C(=O)OCC(F)(F)S(=O)(=O)O. The van der Waals surface area contributed by atoms with Gasteiger partial charge in [0.15, 0.2) is 12.2 Å². The molecule has 0 aliphatic heterocycles. The van der Waals surface area contributed by atoms with Crippen molar-refractivity contribution in [3.63, 3.8) is 0 Å². The van der Waals surface area contributed by atoms with Gasteiger partial charge in [0, 0.05) is 0 Å². The van der Waals surface area contributed by atoms with Crippen LogP contribution in [0, 0.1) is 0 Å². The molecule has 0 heterocycles. The molecule has 0 aromatic rings. The fraction of sp³-hybridized carbons (Fsp3) is 0.600. The molecular formula is C10H11F5O7S. The van der Waals surface area contributed by atoms with Gasteiger partial charge in [-0.05, 0) is 13.8 Å². The molecule has 0 amide bonds. The van der Waals surface area contributed by atoms with Crippen LogP contribution in [0.3, 0.4) is 0 Å². The lowest BCUT2D eigenvalue weighted by Crippen LogP contribution is -2.53. The molecule has 1 N–H and O–H groups in total. The number of ether oxygens (including phenoxy) is 2. The van der Waals surface area contributed by atoms with Crippen molar-refractivity contribution in [3.05, 3.63) is 12.4 Å². The Bertz CT molecular complexity index is 611. The highest BCUT2D eigenvalue weighted by Gasteiger charge is 2.59. The molecule has 0 aliphatic carbocycles. The second-order valence-corrected chi connectivity index (χ2v) is 6.12. The molecule has 0 aromatic heterocycles. The van der Waals surface area contributed by atoms with Gasteiger partial charge < -0.3 is 9.47 Å². The Balaban J connectivity index is 5.17. The van der Waals surface area contributed by atoms with E-state index in [9.17, 15) is 40.0 Å². The lowest BCUT2D eigenvalue weighted by molar-refractivity contribution is -0.219. The summed E-state index contributed by atoms with van der Waals surface area (Å²) >= 11 is 0. The summed E-state index contributed by atoms with van der Waals surface area (Å²) in [7, 11) is -6.01. The highest BCUT2D eigenvalue weighted by molar-refractivity contribution is 7.86. The Morgan fingerprint density at radius 2 is 1.61 bits per heavy atom. The minimum absolute atomic E-state index is 0.441. The molecular weight excluding hydrogens is 359 g/mol. The zero-order chi connectivity index (χ0) is 18.9. The van der Waals surface area contributed by atoms with Crippen LogP contribution in [0.25, 0.3) is 0 Å². The Morgan fingerprint density at radius 1 is 1.17 bits per heavy atom. The van der Waals surface area contributed by atoms with E-state index in [2.05, 4.69) is 16.1 Å². The highest BCUT2D eigenvalue weighted by Crippen LogP contribution is 2.34. The van der Waals surface area contributed by atoms with E-state index in [1.807, 2.05) is 0 Å². The summed E-state index contributed by atoms with van der Waals surface area (Å²) < 4.78 is 101. The lowest BCUT2D eigenvalue weighted by atomic mass is 10.0. The molecule has 0 aromatic carbocycles. The summed E-state index contributed by atoms with van der Waals surface area (Å²) in [5.74, 6) is -11.2. The van der Waals surface area contributed by atoms with Gasteiger partial charge in [-0.1, -0.05) is 6.58 Å². The van der Waals surface area contributed by atoms with E-state index in [1.54, 1.807) is 0 Å². The van der Waals surface area contributed by atoms with Gasteiger partial charge in [-0.25, -0.2) is 9.59 Å². The molecule has 13 heteroatoms. The number of alkyl halides is 4. The van der Waals surface area contributed by atoms with Crippen molar-refractivity contribution < 1.29 is 54.0 Å². The number of carbonyl (C=O) groups excluding carboxylic acids is 2. The van der Waals surface area contributed by atoms with E-state index in [0.717, 1.165) is 0 Å². The molecule has 0 saturated heterocycles. The smallest absolute Gasteiger partial charge is 0.402 e. The third kappa shape index (κ3) is 4.86. The molecule has 0 unspecified atom stereocenters. The van der Waals surface area contributed by atoms with Crippen LogP contribution in [-0.2, 0) is 29.2 Å². The van der Waals surface area contributed by atoms with Crippen LogP contribution < -0.4 is 0 Å². The average Bonchev–Trinajstić information content (AvgIpc) is 2.33. The Kier molecular flexibility index (Phi) is 5.90. The van der Waals surface area contributed by atoms with E-state index in [4.69, 9.17) is 4.55 Å².